The van der Waals surface area contributed by atoms with Crippen LogP contribution in [-0.2, 0) is 11.3 Å². The highest BCUT2D eigenvalue weighted by Gasteiger charge is 2.07. The fraction of sp³-hybridized carbons (Fsp3) is 0.286. The molecule has 0 aliphatic carbocycles. The van der Waals surface area contributed by atoms with Crippen LogP contribution in [0.3, 0.4) is 0 Å². The minimum atomic E-state index is -0.535. The summed E-state index contributed by atoms with van der Waals surface area (Å²) in [4.78, 5) is 11.1. The molecule has 112 valence electrons. The highest BCUT2D eigenvalue weighted by molar-refractivity contribution is 9.10. The minimum absolute atomic E-state index is 0.247. The molecule has 0 fully saturated rings. The summed E-state index contributed by atoms with van der Waals surface area (Å²) in [7, 11) is 1.68. The number of methoxy groups -OCH3 is 1. The second-order valence-corrected chi connectivity index (χ2v) is 5.31. The summed E-state index contributed by atoms with van der Waals surface area (Å²) in [6, 6.07) is 7.49. The number of nitrogens with zero attached hydrogens (tertiary/aromatic N) is 2. The first-order chi connectivity index (χ1) is 10.1. The van der Waals surface area contributed by atoms with Crippen LogP contribution in [0.1, 0.15) is 16.1 Å². The first kappa shape index (κ1) is 15.7. The normalized spacial score (nSPS) is 10.8. The number of rotatable bonds is 7. The second-order valence-electron chi connectivity index (χ2n) is 4.46. The highest BCUT2D eigenvalue weighted by atomic mass is 79.9. The molecule has 0 aliphatic rings. The van der Waals surface area contributed by atoms with Gasteiger partial charge >= 0.3 is 0 Å². The number of carbonyl (C=O) groups excluding carboxylic acids is 1. The number of halogens is 1. The molecule has 0 radical (unpaired) electrons. The van der Waals surface area contributed by atoms with E-state index in [1.165, 1.54) is 0 Å². The standard InChI is InChI=1S/C14H17BrN4O2/c1-21-7-5-17-9-10-2-3-11(8-12(10)15)19-6-4-13(18-19)14(16)20/h2-4,6,8,17H,5,7,9H2,1H3,(H2,16,20). The van der Waals surface area contributed by atoms with E-state index >= 15 is 0 Å². The number of hydrogen-bond donors (Lipinski definition) is 2. The lowest BCUT2D eigenvalue weighted by molar-refractivity contribution is 0.0995. The molecule has 3 N–H and O–H groups in total. The van der Waals surface area contributed by atoms with Gasteiger partial charge < -0.3 is 15.8 Å². The molecule has 6 nitrogen and oxygen atoms in total. The molecule has 0 atom stereocenters. The molecule has 0 unspecified atom stereocenters. The van der Waals surface area contributed by atoms with E-state index in [1.807, 2.05) is 18.2 Å². The maximum absolute atomic E-state index is 11.1. The van der Waals surface area contributed by atoms with Gasteiger partial charge in [-0.1, -0.05) is 22.0 Å². The fourth-order valence-corrected chi connectivity index (χ4v) is 2.33. The van der Waals surface area contributed by atoms with E-state index in [2.05, 4.69) is 26.3 Å². The highest BCUT2D eigenvalue weighted by Crippen LogP contribution is 2.20. The van der Waals surface area contributed by atoms with Crippen molar-refractivity contribution in [1.82, 2.24) is 15.1 Å². The number of ether oxygens (including phenoxy) is 1. The molecule has 1 heterocycles. The molecule has 2 aromatic rings. The van der Waals surface area contributed by atoms with Gasteiger partial charge in [-0.25, -0.2) is 4.68 Å². The van der Waals surface area contributed by atoms with Crippen LogP contribution in [0.4, 0.5) is 0 Å². The Bertz CT molecular complexity index is 627. The number of hydrogen-bond acceptors (Lipinski definition) is 4. The topological polar surface area (TPSA) is 82.2 Å². The van der Waals surface area contributed by atoms with Gasteiger partial charge in [0.1, 0.15) is 5.69 Å². The predicted molar refractivity (Wildman–Crippen MR) is 83.4 cm³/mol. The predicted octanol–water partition coefficient (Wildman–Crippen LogP) is 1.47. The average Bonchev–Trinajstić information content (AvgIpc) is 2.95. The number of amides is 1. The van der Waals surface area contributed by atoms with Crippen LogP contribution in [0.5, 0.6) is 0 Å². The van der Waals surface area contributed by atoms with Gasteiger partial charge in [0.2, 0.25) is 0 Å². The van der Waals surface area contributed by atoms with Crippen LogP contribution in [0.2, 0.25) is 0 Å². The molecule has 1 aromatic carbocycles. The van der Waals surface area contributed by atoms with E-state index in [4.69, 9.17) is 10.5 Å². The Morgan fingerprint density at radius 1 is 1.48 bits per heavy atom. The number of primary amides is 1. The van der Waals surface area contributed by atoms with Crippen LogP contribution in [-0.4, -0.2) is 35.9 Å². The summed E-state index contributed by atoms with van der Waals surface area (Å²) < 4.78 is 7.58. The largest absolute Gasteiger partial charge is 0.383 e. The summed E-state index contributed by atoms with van der Waals surface area (Å²) in [6.45, 7) is 2.22. The third kappa shape index (κ3) is 4.13. The molecule has 0 spiro atoms. The Balaban J connectivity index is 2.08. The molecule has 0 aliphatic heterocycles. The molecule has 7 heteroatoms. The third-order valence-corrected chi connectivity index (χ3v) is 3.68. The van der Waals surface area contributed by atoms with Gasteiger partial charge in [-0.2, -0.15) is 5.10 Å². The van der Waals surface area contributed by atoms with Crippen LogP contribution in [0.25, 0.3) is 5.69 Å². The van der Waals surface area contributed by atoms with Crippen LogP contribution in [0, 0.1) is 0 Å². The number of benzene rings is 1. The first-order valence-electron chi connectivity index (χ1n) is 6.45. The van der Waals surface area contributed by atoms with Crippen molar-refractivity contribution in [2.24, 2.45) is 5.73 Å². The van der Waals surface area contributed by atoms with Crippen molar-refractivity contribution in [3.05, 3.63) is 46.2 Å². The third-order valence-electron chi connectivity index (χ3n) is 2.94. The second kappa shape index (κ2) is 7.35. The monoisotopic (exact) mass is 352 g/mol. The zero-order valence-electron chi connectivity index (χ0n) is 11.7. The van der Waals surface area contributed by atoms with Crippen molar-refractivity contribution < 1.29 is 9.53 Å². The van der Waals surface area contributed by atoms with Gasteiger partial charge in [0.15, 0.2) is 0 Å². The molecule has 1 amide bonds. The molecule has 0 saturated carbocycles. The Kier molecular flexibility index (Phi) is 5.49. The molecule has 0 bridgehead atoms. The Hall–Kier alpha value is -1.70. The maximum Gasteiger partial charge on any atom is 0.269 e. The maximum atomic E-state index is 11.1. The molecule has 2 rings (SSSR count). The van der Waals surface area contributed by atoms with E-state index in [0.717, 1.165) is 28.8 Å². The van der Waals surface area contributed by atoms with E-state index in [-0.39, 0.29) is 5.69 Å². The van der Waals surface area contributed by atoms with Crippen molar-refractivity contribution >= 4 is 21.8 Å². The van der Waals surface area contributed by atoms with Crippen LogP contribution >= 0.6 is 15.9 Å². The van der Waals surface area contributed by atoms with Crippen LogP contribution in [0.15, 0.2) is 34.9 Å². The van der Waals surface area contributed by atoms with E-state index in [0.29, 0.717) is 6.61 Å². The zero-order chi connectivity index (χ0) is 15.2. The number of nitrogens with two attached hydrogens (primary N) is 1. The van der Waals surface area contributed by atoms with Crippen LogP contribution < -0.4 is 11.1 Å². The van der Waals surface area contributed by atoms with Gasteiger partial charge in [-0.05, 0) is 23.8 Å². The molecule has 21 heavy (non-hydrogen) atoms. The Morgan fingerprint density at radius 3 is 2.90 bits per heavy atom. The average molecular weight is 353 g/mol. The summed E-state index contributed by atoms with van der Waals surface area (Å²) in [5.74, 6) is -0.535. The zero-order valence-corrected chi connectivity index (χ0v) is 13.3. The van der Waals surface area contributed by atoms with Gasteiger partial charge in [0.05, 0.1) is 12.3 Å². The van der Waals surface area contributed by atoms with Gasteiger partial charge in [-0.15, -0.1) is 0 Å². The lowest BCUT2D eigenvalue weighted by Crippen LogP contribution is -2.18. The molecule has 0 saturated heterocycles. The van der Waals surface area contributed by atoms with E-state index in [9.17, 15) is 4.79 Å². The fourth-order valence-electron chi connectivity index (χ4n) is 1.82. The lowest BCUT2D eigenvalue weighted by atomic mass is 10.2. The summed E-state index contributed by atoms with van der Waals surface area (Å²) in [5.41, 5.74) is 7.44. The van der Waals surface area contributed by atoms with E-state index in [1.54, 1.807) is 24.1 Å². The van der Waals surface area contributed by atoms with E-state index < -0.39 is 5.91 Å². The SMILES string of the molecule is COCCNCc1ccc(-n2ccc(C(N)=O)n2)cc1Br. The summed E-state index contributed by atoms with van der Waals surface area (Å²) >= 11 is 3.55. The number of aromatic nitrogens is 2. The van der Waals surface area contributed by atoms with Crippen molar-refractivity contribution in [2.75, 3.05) is 20.3 Å². The van der Waals surface area contributed by atoms with Crippen molar-refractivity contribution in [2.45, 2.75) is 6.54 Å². The molecular weight excluding hydrogens is 336 g/mol. The van der Waals surface area contributed by atoms with Crippen molar-refractivity contribution in [3.63, 3.8) is 0 Å². The van der Waals surface area contributed by atoms with Crippen molar-refractivity contribution in [3.8, 4) is 5.69 Å². The van der Waals surface area contributed by atoms with Gasteiger partial charge in [-0.3, -0.25) is 4.79 Å². The van der Waals surface area contributed by atoms with Crippen molar-refractivity contribution in [1.29, 1.82) is 0 Å². The smallest absolute Gasteiger partial charge is 0.269 e. The molecular formula is C14H17BrN4O2. The number of carbonyl (C=O) groups is 1. The van der Waals surface area contributed by atoms with Gasteiger partial charge in [0.25, 0.3) is 5.91 Å². The summed E-state index contributed by atoms with van der Waals surface area (Å²) in [6.07, 6.45) is 1.71. The minimum Gasteiger partial charge on any atom is -0.383 e. The summed E-state index contributed by atoms with van der Waals surface area (Å²) in [5, 5.41) is 7.41. The number of nitrogens with one attached hydrogen (secondary N) is 1. The lowest BCUT2D eigenvalue weighted by Gasteiger charge is -2.09. The van der Waals surface area contributed by atoms with Gasteiger partial charge in [0, 0.05) is 30.9 Å². The quantitative estimate of drug-likeness (QED) is 0.739. The Morgan fingerprint density at radius 2 is 2.29 bits per heavy atom. The first-order valence-corrected chi connectivity index (χ1v) is 7.25. The Labute approximate surface area is 131 Å². The molecule has 1 aromatic heterocycles.